The zero-order chi connectivity index (χ0) is 15.5. The van der Waals surface area contributed by atoms with Crippen LogP contribution >= 0.6 is 0 Å². The van der Waals surface area contributed by atoms with E-state index in [-0.39, 0.29) is 12.4 Å². The molecule has 0 saturated heterocycles. The lowest BCUT2D eigenvalue weighted by Gasteiger charge is -2.22. The van der Waals surface area contributed by atoms with E-state index >= 15 is 0 Å². The molecule has 6 heteroatoms. The third kappa shape index (κ3) is 2.43. The van der Waals surface area contributed by atoms with Crippen molar-refractivity contribution in [3.05, 3.63) is 35.6 Å². The Hall–Kier alpha value is -2.76. The average Bonchev–Trinajstić information content (AvgIpc) is 3.03. The van der Waals surface area contributed by atoms with E-state index in [0.29, 0.717) is 47.9 Å². The first-order valence-corrected chi connectivity index (χ1v) is 6.89. The van der Waals surface area contributed by atoms with Crippen LogP contribution in [0.2, 0.25) is 0 Å². The quantitative estimate of drug-likeness (QED) is 0.638. The summed E-state index contributed by atoms with van der Waals surface area (Å²) in [5, 5.41) is 0. The Kier molecular flexibility index (Phi) is 3.82. The minimum atomic E-state index is -0.469. The summed E-state index contributed by atoms with van der Waals surface area (Å²) in [7, 11) is 0. The van der Waals surface area contributed by atoms with Gasteiger partial charge in [0, 0.05) is 0 Å². The van der Waals surface area contributed by atoms with E-state index in [1.807, 2.05) is 0 Å². The molecule has 0 atom stereocenters. The summed E-state index contributed by atoms with van der Waals surface area (Å²) < 4.78 is 21.6. The summed E-state index contributed by atoms with van der Waals surface area (Å²) >= 11 is 0. The largest absolute Gasteiger partial charge is 0.485 e. The summed E-state index contributed by atoms with van der Waals surface area (Å²) in [6.45, 7) is 2.73. The normalized spacial score (nSPS) is 12.8. The van der Waals surface area contributed by atoms with Gasteiger partial charge in [0.05, 0.1) is 12.2 Å². The highest BCUT2D eigenvalue weighted by molar-refractivity contribution is 5.95. The lowest BCUT2D eigenvalue weighted by Crippen LogP contribution is -2.19. The van der Waals surface area contributed by atoms with Gasteiger partial charge < -0.3 is 18.6 Å². The van der Waals surface area contributed by atoms with Crippen molar-refractivity contribution in [2.24, 2.45) is 0 Å². The molecule has 2 aromatic rings. The van der Waals surface area contributed by atoms with Crippen molar-refractivity contribution in [1.29, 1.82) is 0 Å². The van der Waals surface area contributed by atoms with Gasteiger partial charge in [-0.2, -0.15) is 0 Å². The Morgan fingerprint density at radius 2 is 1.95 bits per heavy atom. The van der Waals surface area contributed by atoms with E-state index in [1.54, 1.807) is 31.2 Å². The smallest absolute Gasteiger partial charge is 0.342 e. The highest BCUT2D eigenvalue weighted by Crippen LogP contribution is 2.43. The molecule has 1 aromatic carbocycles. The van der Waals surface area contributed by atoms with E-state index in [0.717, 1.165) is 0 Å². The lowest BCUT2D eigenvalue weighted by molar-refractivity contribution is 0.0516. The zero-order valence-electron chi connectivity index (χ0n) is 12.0. The van der Waals surface area contributed by atoms with Crippen molar-refractivity contribution in [1.82, 2.24) is 0 Å². The van der Waals surface area contributed by atoms with Gasteiger partial charge in [0.25, 0.3) is 0 Å². The molecule has 1 aromatic heterocycles. The van der Waals surface area contributed by atoms with Crippen molar-refractivity contribution in [2.45, 2.75) is 6.92 Å². The lowest BCUT2D eigenvalue weighted by atomic mass is 10.1. The van der Waals surface area contributed by atoms with Crippen LogP contribution in [-0.4, -0.2) is 32.1 Å². The minimum Gasteiger partial charge on any atom is -0.485 e. The van der Waals surface area contributed by atoms with Crippen molar-refractivity contribution in [2.75, 3.05) is 19.8 Å². The minimum absolute atomic E-state index is 0.218. The number of esters is 1. The second kappa shape index (κ2) is 5.93. The second-order valence-electron chi connectivity index (χ2n) is 4.56. The molecular formula is C16H14O6. The highest BCUT2D eigenvalue weighted by Gasteiger charge is 2.26. The summed E-state index contributed by atoms with van der Waals surface area (Å²) in [5.74, 6) is 0.980. The predicted molar refractivity (Wildman–Crippen MR) is 76.5 cm³/mol. The Labute approximate surface area is 126 Å². The monoisotopic (exact) mass is 302 g/mol. The van der Waals surface area contributed by atoms with Gasteiger partial charge in [0.15, 0.2) is 23.5 Å². The van der Waals surface area contributed by atoms with Crippen LogP contribution in [0.3, 0.4) is 0 Å². The fraction of sp³-hybridized carbons (Fsp3) is 0.250. The standard InChI is InChI=1S/C16H14O6/c1-2-19-16(18)12-5-4-11(13-6-3-10(9-17)22-13)14-15(12)21-8-7-20-14/h3-6,9H,2,7-8H2,1H3. The van der Waals surface area contributed by atoms with Gasteiger partial charge in [-0.1, -0.05) is 0 Å². The topological polar surface area (TPSA) is 75.0 Å². The number of fused-ring (bicyclic) bond motifs is 1. The van der Waals surface area contributed by atoms with E-state index in [9.17, 15) is 9.59 Å². The van der Waals surface area contributed by atoms with Gasteiger partial charge in [0.2, 0.25) is 0 Å². The molecule has 0 fully saturated rings. The molecule has 0 saturated carbocycles. The molecule has 114 valence electrons. The molecule has 3 rings (SSSR count). The van der Waals surface area contributed by atoms with Crippen LogP contribution in [0.5, 0.6) is 11.5 Å². The van der Waals surface area contributed by atoms with Crippen LogP contribution in [0.15, 0.2) is 28.7 Å². The number of aldehydes is 1. The molecule has 0 unspecified atom stereocenters. The maximum absolute atomic E-state index is 12.0. The number of hydrogen-bond acceptors (Lipinski definition) is 6. The van der Waals surface area contributed by atoms with Crippen LogP contribution in [0.4, 0.5) is 0 Å². The van der Waals surface area contributed by atoms with Gasteiger partial charge in [-0.15, -0.1) is 0 Å². The van der Waals surface area contributed by atoms with E-state index in [4.69, 9.17) is 18.6 Å². The summed E-state index contributed by atoms with van der Waals surface area (Å²) in [4.78, 5) is 22.7. The Morgan fingerprint density at radius 3 is 2.64 bits per heavy atom. The average molecular weight is 302 g/mol. The molecule has 0 spiro atoms. The Bertz CT molecular complexity index is 715. The molecule has 22 heavy (non-hydrogen) atoms. The molecular weight excluding hydrogens is 288 g/mol. The van der Waals surface area contributed by atoms with E-state index < -0.39 is 5.97 Å². The van der Waals surface area contributed by atoms with Crippen molar-refractivity contribution >= 4 is 12.3 Å². The number of furan rings is 1. The first kappa shape index (κ1) is 14.2. The maximum Gasteiger partial charge on any atom is 0.342 e. The first-order valence-electron chi connectivity index (χ1n) is 6.89. The summed E-state index contributed by atoms with van der Waals surface area (Å²) in [6.07, 6.45) is 0.625. The van der Waals surface area contributed by atoms with Crippen molar-refractivity contribution in [3.8, 4) is 22.8 Å². The summed E-state index contributed by atoms with van der Waals surface area (Å²) in [5.41, 5.74) is 0.929. The number of carbonyl (C=O) groups excluding carboxylic acids is 2. The van der Waals surface area contributed by atoms with Crippen LogP contribution in [-0.2, 0) is 4.74 Å². The molecule has 0 bridgehead atoms. The van der Waals surface area contributed by atoms with E-state index in [2.05, 4.69) is 0 Å². The number of hydrogen-bond donors (Lipinski definition) is 0. The first-order chi connectivity index (χ1) is 10.7. The van der Waals surface area contributed by atoms with Gasteiger partial charge in [-0.3, -0.25) is 4.79 Å². The highest BCUT2D eigenvalue weighted by atomic mass is 16.6. The SMILES string of the molecule is CCOC(=O)c1ccc(-c2ccc(C=O)o2)c2c1OCCO2. The fourth-order valence-electron chi connectivity index (χ4n) is 2.26. The molecule has 0 N–H and O–H groups in total. The third-order valence-electron chi connectivity index (χ3n) is 3.19. The Balaban J connectivity index is 2.09. The van der Waals surface area contributed by atoms with Crippen LogP contribution in [0.1, 0.15) is 27.8 Å². The zero-order valence-corrected chi connectivity index (χ0v) is 12.0. The van der Waals surface area contributed by atoms with Crippen LogP contribution in [0, 0.1) is 0 Å². The molecule has 2 heterocycles. The molecule has 6 nitrogen and oxygen atoms in total. The van der Waals surface area contributed by atoms with Gasteiger partial charge >= 0.3 is 5.97 Å². The number of rotatable bonds is 4. The molecule has 0 radical (unpaired) electrons. The third-order valence-corrected chi connectivity index (χ3v) is 3.19. The predicted octanol–water partition coefficient (Wildman–Crippen LogP) is 2.71. The van der Waals surface area contributed by atoms with Gasteiger partial charge in [-0.05, 0) is 31.2 Å². The molecule has 1 aliphatic rings. The van der Waals surface area contributed by atoms with Crippen molar-refractivity contribution < 1.29 is 28.2 Å². The molecule has 1 aliphatic heterocycles. The number of benzene rings is 1. The van der Waals surface area contributed by atoms with Gasteiger partial charge in [-0.25, -0.2) is 4.79 Å². The summed E-state index contributed by atoms with van der Waals surface area (Å²) in [6, 6.07) is 6.52. The fourth-order valence-corrected chi connectivity index (χ4v) is 2.26. The number of carbonyl (C=O) groups is 2. The van der Waals surface area contributed by atoms with Gasteiger partial charge in [0.1, 0.15) is 24.5 Å². The van der Waals surface area contributed by atoms with Crippen LogP contribution < -0.4 is 9.47 Å². The maximum atomic E-state index is 12.0. The molecule has 0 aliphatic carbocycles. The second-order valence-corrected chi connectivity index (χ2v) is 4.56. The van der Waals surface area contributed by atoms with Crippen LogP contribution in [0.25, 0.3) is 11.3 Å². The van der Waals surface area contributed by atoms with Crippen molar-refractivity contribution in [3.63, 3.8) is 0 Å². The van der Waals surface area contributed by atoms with E-state index in [1.165, 1.54) is 0 Å². The number of ether oxygens (including phenoxy) is 3. The Morgan fingerprint density at radius 1 is 1.18 bits per heavy atom. The molecule has 0 amide bonds.